The molecule has 0 saturated heterocycles. The van der Waals surface area contributed by atoms with E-state index in [9.17, 15) is 4.79 Å². The van der Waals surface area contributed by atoms with E-state index in [1.165, 1.54) is 11.3 Å². The lowest BCUT2D eigenvalue weighted by molar-refractivity contribution is 0.112. The number of nitrogen functional groups attached to an aromatic ring is 1. The van der Waals surface area contributed by atoms with Gasteiger partial charge in [0.05, 0.1) is 22.4 Å². The van der Waals surface area contributed by atoms with Crippen LogP contribution in [0.4, 0.5) is 5.69 Å². The molecule has 3 nitrogen and oxygen atoms in total. The van der Waals surface area contributed by atoms with E-state index >= 15 is 0 Å². The standard InChI is InChI=1S/C10H9NO2S/c1-13-8-3-2-6-4-7(5-12)14-10(6)9(8)11/h2-5H,11H2,1H3. The number of hydrogen-bond donors (Lipinski definition) is 1. The van der Waals surface area contributed by atoms with E-state index in [-0.39, 0.29) is 0 Å². The number of carbonyl (C=O) groups is 1. The zero-order valence-corrected chi connectivity index (χ0v) is 8.43. The number of anilines is 1. The van der Waals surface area contributed by atoms with Crippen LogP contribution in [0.3, 0.4) is 0 Å². The number of hydrogen-bond acceptors (Lipinski definition) is 4. The third kappa shape index (κ3) is 1.24. The number of benzene rings is 1. The van der Waals surface area contributed by atoms with E-state index in [2.05, 4.69) is 0 Å². The number of carbonyl (C=O) groups excluding carboxylic acids is 1. The van der Waals surface area contributed by atoms with Crippen molar-refractivity contribution < 1.29 is 9.53 Å². The van der Waals surface area contributed by atoms with E-state index in [0.717, 1.165) is 16.4 Å². The van der Waals surface area contributed by atoms with Gasteiger partial charge in [-0.15, -0.1) is 11.3 Å². The fourth-order valence-electron chi connectivity index (χ4n) is 1.36. The Bertz CT molecular complexity index is 490. The van der Waals surface area contributed by atoms with E-state index in [4.69, 9.17) is 10.5 Å². The first kappa shape index (κ1) is 9.02. The van der Waals surface area contributed by atoms with Crippen LogP contribution in [0.1, 0.15) is 9.67 Å². The molecule has 0 spiro atoms. The van der Waals surface area contributed by atoms with Gasteiger partial charge in [0.15, 0.2) is 6.29 Å². The number of thiophene rings is 1. The maximum Gasteiger partial charge on any atom is 0.160 e. The van der Waals surface area contributed by atoms with Crippen molar-refractivity contribution in [3.05, 3.63) is 23.1 Å². The molecule has 0 radical (unpaired) electrons. The summed E-state index contributed by atoms with van der Waals surface area (Å²) in [5.41, 5.74) is 6.47. The molecule has 0 saturated carbocycles. The average Bonchev–Trinajstić information content (AvgIpc) is 2.62. The van der Waals surface area contributed by atoms with Gasteiger partial charge in [-0.3, -0.25) is 4.79 Å². The summed E-state index contributed by atoms with van der Waals surface area (Å²) in [6.07, 6.45) is 0.830. The molecule has 14 heavy (non-hydrogen) atoms. The van der Waals surface area contributed by atoms with Crippen molar-refractivity contribution in [3.8, 4) is 5.75 Å². The Balaban J connectivity index is 2.74. The van der Waals surface area contributed by atoms with Crippen molar-refractivity contribution in [3.63, 3.8) is 0 Å². The van der Waals surface area contributed by atoms with Crippen LogP contribution in [0.2, 0.25) is 0 Å². The summed E-state index contributed by atoms with van der Waals surface area (Å²) in [4.78, 5) is 11.3. The Morgan fingerprint density at radius 3 is 2.93 bits per heavy atom. The van der Waals surface area contributed by atoms with Crippen molar-refractivity contribution >= 4 is 33.4 Å². The highest BCUT2D eigenvalue weighted by atomic mass is 32.1. The van der Waals surface area contributed by atoms with Gasteiger partial charge >= 0.3 is 0 Å². The molecule has 1 aromatic carbocycles. The molecule has 1 heterocycles. The number of nitrogens with two attached hydrogens (primary N) is 1. The van der Waals surface area contributed by atoms with E-state index in [1.807, 2.05) is 12.1 Å². The SMILES string of the molecule is COc1ccc2cc(C=O)sc2c1N. The van der Waals surface area contributed by atoms with Gasteiger partial charge in [0.25, 0.3) is 0 Å². The number of aldehydes is 1. The van der Waals surface area contributed by atoms with E-state index in [1.54, 1.807) is 13.2 Å². The van der Waals surface area contributed by atoms with Gasteiger partial charge in [0.1, 0.15) is 5.75 Å². The zero-order chi connectivity index (χ0) is 10.1. The first-order valence-electron chi connectivity index (χ1n) is 4.07. The third-order valence-electron chi connectivity index (χ3n) is 2.04. The van der Waals surface area contributed by atoms with Gasteiger partial charge in [-0.2, -0.15) is 0 Å². The van der Waals surface area contributed by atoms with Gasteiger partial charge in [-0.25, -0.2) is 0 Å². The summed E-state index contributed by atoms with van der Waals surface area (Å²) in [5.74, 6) is 0.650. The third-order valence-corrected chi connectivity index (χ3v) is 3.15. The Labute approximate surface area is 85.1 Å². The van der Waals surface area contributed by atoms with Crippen LogP contribution in [0.25, 0.3) is 10.1 Å². The molecule has 1 aromatic heterocycles. The van der Waals surface area contributed by atoms with Crippen LogP contribution in [-0.4, -0.2) is 13.4 Å². The van der Waals surface area contributed by atoms with Gasteiger partial charge in [-0.05, 0) is 23.6 Å². The van der Waals surface area contributed by atoms with Gasteiger partial charge in [-0.1, -0.05) is 0 Å². The van der Waals surface area contributed by atoms with Crippen LogP contribution in [-0.2, 0) is 0 Å². The highest BCUT2D eigenvalue weighted by Crippen LogP contribution is 2.35. The number of methoxy groups -OCH3 is 1. The summed E-state index contributed by atoms with van der Waals surface area (Å²) in [7, 11) is 1.58. The van der Waals surface area contributed by atoms with Crippen molar-refractivity contribution in [1.29, 1.82) is 0 Å². The molecular formula is C10H9NO2S. The maximum absolute atomic E-state index is 10.6. The Morgan fingerprint density at radius 2 is 2.29 bits per heavy atom. The van der Waals surface area contributed by atoms with Crippen LogP contribution in [0, 0.1) is 0 Å². The summed E-state index contributed by atoms with van der Waals surface area (Å²) in [5, 5.41) is 0.982. The fraction of sp³-hybridized carbons (Fsp3) is 0.100. The molecule has 4 heteroatoms. The monoisotopic (exact) mass is 207 g/mol. The summed E-state index contributed by atoms with van der Waals surface area (Å²) < 4.78 is 6.00. The average molecular weight is 207 g/mol. The quantitative estimate of drug-likeness (QED) is 0.607. The predicted molar refractivity (Wildman–Crippen MR) is 58.2 cm³/mol. The minimum absolute atomic E-state index is 0.600. The predicted octanol–water partition coefficient (Wildman–Crippen LogP) is 2.30. The molecule has 0 aliphatic heterocycles. The van der Waals surface area contributed by atoms with Crippen molar-refractivity contribution in [2.75, 3.05) is 12.8 Å². The molecule has 2 rings (SSSR count). The Morgan fingerprint density at radius 1 is 1.50 bits per heavy atom. The second kappa shape index (κ2) is 3.31. The van der Waals surface area contributed by atoms with Crippen molar-refractivity contribution in [2.45, 2.75) is 0 Å². The second-order valence-electron chi connectivity index (χ2n) is 2.87. The first-order valence-corrected chi connectivity index (χ1v) is 4.89. The molecule has 2 aromatic rings. The largest absolute Gasteiger partial charge is 0.495 e. The Kier molecular flexibility index (Phi) is 2.13. The minimum Gasteiger partial charge on any atom is -0.495 e. The van der Waals surface area contributed by atoms with Crippen molar-refractivity contribution in [2.24, 2.45) is 0 Å². The second-order valence-corrected chi connectivity index (χ2v) is 3.95. The highest BCUT2D eigenvalue weighted by Gasteiger charge is 2.08. The maximum atomic E-state index is 10.6. The van der Waals surface area contributed by atoms with Gasteiger partial charge in [0, 0.05) is 0 Å². The Hall–Kier alpha value is -1.55. The topological polar surface area (TPSA) is 52.3 Å². The summed E-state index contributed by atoms with van der Waals surface area (Å²) >= 11 is 1.38. The van der Waals surface area contributed by atoms with Crippen LogP contribution >= 0.6 is 11.3 Å². The molecule has 0 aliphatic carbocycles. The highest BCUT2D eigenvalue weighted by molar-refractivity contribution is 7.21. The molecule has 0 atom stereocenters. The number of ether oxygens (including phenoxy) is 1. The molecule has 0 bridgehead atoms. The zero-order valence-electron chi connectivity index (χ0n) is 7.61. The van der Waals surface area contributed by atoms with Crippen LogP contribution in [0.15, 0.2) is 18.2 Å². The van der Waals surface area contributed by atoms with E-state index in [0.29, 0.717) is 16.3 Å². The molecule has 72 valence electrons. The van der Waals surface area contributed by atoms with E-state index < -0.39 is 0 Å². The molecule has 0 amide bonds. The molecule has 2 N–H and O–H groups in total. The lowest BCUT2D eigenvalue weighted by atomic mass is 10.2. The normalized spacial score (nSPS) is 10.4. The summed E-state index contributed by atoms with van der Waals surface area (Å²) in [6.45, 7) is 0. The lowest BCUT2D eigenvalue weighted by Crippen LogP contribution is -1.91. The summed E-state index contributed by atoms with van der Waals surface area (Å²) in [6, 6.07) is 5.52. The minimum atomic E-state index is 0.600. The molecule has 0 unspecified atom stereocenters. The number of fused-ring (bicyclic) bond motifs is 1. The van der Waals surface area contributed by atoms with Gasteiger partial charge in [0.2, 0.25) is 0 Å². The van der Waals surface area contributed by atoms with Gasteiger partial charge < -0.3 is 10.5 Å². The van der Waals surface area contributed by atoms with Crippen LogP contribution < -0.4 is 10.5 Å². The molecular weight excluding hydrogens is 198 g/mol. The smallest absolute Gasteiger partial charge is 0.160 e. The first-order chi connectivity index (χ1) is 6.76. The lowest BCUT2D eigenvalue weighted by Gasteiger charge is -2.03. The molecule has 0 fully saturated rings. The van der Waals surface area contributed by atoms with Crippen molar-refractivity contribution in [1.82, 2.24) is 0 Å². The number of rotatable bonds is 2. The molecule has 0 aliphatic rings. The van der Waals surface area contributed by atoms with Crippen LogP contribution in [0.5, 0.6) is 5.75 Å². The fourth-order valence-corrected chi connectivity index (χ4v) is 2.29.